The van der Waals surface area contributed by atoms with Gasteiger partial charge in [0.25, 0.3) is 11.6 Å². The van der Waals surface area contributed by atoms with Crippen molar-refractivity contribution in [2.75, 3.05) is 69.4 Å². The van der Waals surface area contributed by atoms with Gasteiger partial charge in [-0.2, -0.15) is 0 Å². The summed E-state index contributed by atoms with van der Waals surface area (Å²) in [4.78, 5) is 35.8. The summed E-state index contributed by atoms with van der Waals surface area (Å²) in [6.45, 7) is 8.87. The number of morpholine rings is 1. The fourth-order valence-corrected chi connectivity index (χ4v) is 5.60. The number of hydrogen-bond donors (Lipinski definition) is 0. The minimum atomic E-state index is -0.440. The molecule has 0 N–H and O–H groups in total. The van der Waals surface area contributed by atoms with Crippen molar-refractivity contribution >= 4 is 55.6 Å². The Morgan fingerprint density at radius 3 is 2.59 bits per heavy atom. The van der Waals surface area contributed by atoms with Crippen LogP contribution in [0.15, 0.2) is 30.3 Å². The van der Waals surface area contributed by atoms with Crippen molar-refractivity contribution in [1.29, 1.82) is 0 Å². The number of halogens is 1. The number of thiazole rings is 1. The van der Waals surface area contributed by atoms with Gasteiger partial charge in [0.2, 0.25) is 0 Å². The fourth-order valence-electron chi connectivity index (χ4n) is 4.32. The molecule has 1 aliphatic rings. The second kappa shape index (κ2) is 12.0. The summed E-state index contributed by atoms with van der Waals surface area (Å²) >= 11 is 7.73. The summed E-state index contributed by atoms with van der Waals surface area (Å²) < 4.78 is 11.5. The number of aromatic nitrogens is 1. The zero-order valence-corrected chi connectivity index (χ0v) is 22.7. The minimum absolute atomic E-state index is 0.106. The fraction of sp³-hybridized carbons (Fsp3) is 0.440. The van der Waals surface area contributed by atoms with E-state index in [-0.39, 0.29) is 17.2 Å². The van der Waals surface area contributed by atoms with E-state index in [1.54, 1.807) is 36.3 Å². The van der Waals surface area contributed by atoms with Gasteiger partial charge in [0, 0.05) is 37.8 Å². The van der Waals surface area contributed by atoms with Crippen molar-refractivity contribution in [1.82, 2.24) is 9.88 Å². The molecule has 1 amide bonds. The number of methoxy groups -OCH3 is 1. The molecule has 2 heterocycles. The first kappa shape index (κ1) is 27.1. The van der Waals surface area contributed by atoms with Gasteiger partial charge in [-0.25, -0.2) is 4.98 Å². The predicted octanol–water partition coefficient (Wildman–Crippen LogP) is 4.69. The van der Waals surface area contributed by atoms with Crippen molar-refractivity contribution in [3.63, 3.8) is 0 Å². The number of amides is 1. The number of benzene rings is 2. The van der Waals surface area contributed by atoms with Crippen LogP contribution in [0.1, 0.15) is 24.2 Å². The molecule has 1 fully saturated rings. The molecule has 12 heteroatoms. The molecule has 198 valence electrons. The van der Waals surface area contributed by atoms with E-state index in [9.17, 15) is 14.9 Å². The Hall–Kier alpha value is -2.99. The van der Waals surface area contributed by atoms with Gasteiger partial charge in [0.05, 0.1) is 35.0 Å². The Labute approximate surface area is 224 Å². The molecule has 0 radical (unpaired) electrons. The monoisotopic (exact) mass is 547 g/mol. The smallest absolute Gasteiger partial charge is 0.293 e. The molecule has 1 aromatic heterocycles. The van der Waals surface area contributed by atoms with Gasteiger partial charge in [-0.15, -0.1) is 0 Å². The number of nitrogens with zero attached hydrogens (tertiary/aromatic N) is 5. The molecule has 4 rings (SSSR count). The van der Waals surface area contributed by atoms with Crippen molar-refractivity contribution in [3.05, 3.63) is 51.0 Å². The third-order valence-electron chi connectivity index (χ3n) is 6.45. The van der Waals surface area contributed by atoms with Crippen molar-refractivity contribution in [2.45, 2.75) is 13.8 Å². The standard InChI is InChI=1S/C25H30ClN5O5S/c1-4-28(5-2)10-11-30(25-27-22-21(35-3)9-7-18(26)23(22)37-25)24(32)17-6-8-19(20(16-17)31(33)34)29-12-14-36-15-13-29/h6-9,16H,4-5,10-15H2,1-3H3. The van der Waals surface area contributed by atoms with Crippen LogP contribution >= 0.6 is 22.9 Å². The number of anilines is 2. The Bertz CT molecular complexity index is 1280. The second-order valence-electron chi connectivity index (χ2n) is 8.47. The maximum atomic E-state index is 13.9. The molecular weight excluding hydrogens is 518 g/mol. The lowest BCUT2D eigenvalue weighted by Gasteiger charge is -2.29. The van der Waals surface area contributed by atoms with Gasteiger partial charge >= 0.3 is 0 Å². The van der Waals surface area contributed by atoms with Gasteiger partial charge in [-0.1, -0.05) is 36.8 Å². The SMILES string of the molecule is CCN(CC)CCN(C(=O)c1ccc(N2CCOCC2)c([N+](=O)[O-])c1)c1nc2c(OC)ccc(Cl)c2s1. The number of rotatable bonds is 10. The predicted molar refractivity (Wildman–Crippen MR) is 147 cm³/mol. The molecule has 10 nitrogen and oxygen atoms in total. The van der Waals surface area contributed by atoms with Crippen molar-refractivity contribution in [3.8, 4) is 5.75 Å². The van der Waals surface area contributed by atoms with Crippen molar-refractivity contribution < 1.29 is 19.2 Å². The molecule has 0 bridgehead atoms. The minimum Gasteiger partial charge on any atom is -0.494 e. The molecule has 2 aromatic carbocycles. The van der Waals surface area contributed by atoms with Crippen LogP contribution in [0.5, 0.6) is 5.75 Å². The van der Waals surface area contributed by atoms with E-state index in [1.165, 1.54) is 17.4 Å². The summed E-state index contributed by atoms with van der Waals surface area (Å²) in [6.07, 6.45) is 0. The van der Waals surface area contributed by atoms with Crippen LogP contribution in [0.2, 0.25) is 5.02 Å². The summed E-state index contributed by atoms with van der Waals surface area (Å²) in [6, 6.07) is 8.13. The number of nitro benzene ring substituents is 1. The third-order valence-corrected chi connectivity index (χ3v) is 7.99. The average molecular weight is 548 g/mol. The van der Waals surface area contributed by atoms with Crippen LogP contribution in [-0.4, -0.2) is 80.3 Å². The molecule has 0 spiro atoms. The number of likely N-dealkylation sites (N-methyl/N-ethyl adjacent to an activating group) is 1. The number of carbonyl (C=O) groups is 1. The number of ether oxygens (including phenoxy) is 2. The lowest BCUT2D eigenvalue weighted by Crippen LogP contribution is -2.39. The highest BCUT2D eigenvalue weighted by Gasteiger charge is 2.28. The molecule has 37 heavy (non-hydrogen) atoms. The number of fused-ring (bicyclic) bond motifs is 1. The molecule has 0 aliphatic carbocycles. The summed E-state index contributed by atoms with van der Waals surface area (Å²) in [5, 5.41) is 12.9. The molecular formula is C25H30ClN5O5S. The molecule has 0 unspecified atom stereocenters. The number of hydrogen-bond acceptors (Lipinski definition) is 9. The van der Waals surface area contributed by atoms with Gasteiger partial charge in [-0.05, 0) is 37.4 Å². The first-order valence-electron chi connectivity index (χ1n) is 12.2. The highest BCUT2D eigenvalue weighted by molar-refractivity contribution is 7.23. The largest absolute Gasteiger partial charge is 0.494 e. The lowest BCUT2D eigenvalue weighted by atomic mass is 10.1. The Morgan fingerprint density at radius 1 is 1.22 bits per heavy atom. The van der Waals surface area contributed by atoms with E-state index in [0.29, 0.717) is 71.2 Å². The first-order valence-corrected chi connectivity index (χ1v) is 13.4. The highest BCUT2D eigenvalue weighted by atomic mass is 35.5. The van der Waals surface area contributed by atoms with Crippen LogP contribution in [0.25, 0.3) is 10.2 Å². The van der Waals surface area contributed by atoms with Crippen LogP contribution < -0.4 is 14.5 Å². The van der Waals surface area contributed by atoms with Gasteiger partial charge in [0.1, 0.15) is 17.0 Å². The summed E-state index contributed by atoms with van der Waals surface area (Å²) in [5.41, 5.74) is 1.17. The molecule has 1 aliphatic heterocycles. The first-order chi connectivity index (χ1) is 17.9. The van der Waals surface area contributed by atoms with E-state index in [1.807, 2.05) is 4.90 Å². The Kier molecular flexibility index (Phi) is 8.80. The molecule has 1 saturated heterocycles. The highest BCUT2D eigenvalue weighted by Crippen LogP contribution is 2.39. The van der Waals surface area contributed by atoms with E-state index < -0.39 is 4.92 Å². The van der Waals surface area contributed by atoms with Crippen LogP contribution in [0, 0.1) is 10.1 Å². The van der Waals surface area contributed by atoms with E-state index in [2.05, 4.69) is 18.7 Å². The Morgan fingerprint density at radius 2 is 1.95 bits per heavy atom. The number of nitro groups is 1. The number of carbonyl (C=O) groups excluding carboxylic acids is 1. The topological polar surface area (TPSA) is 101 Å². The lowest BCUT2D eigenvalue weighted by molar-refractivity contribution is -0.384. The van der Waals surface area contributed by atoms with Gasteiger partial charge in [0.15, 0.2) is 5.13 Å². The molecule has 3 aromatic rings. The maximum Gasteiger partial charge on any atom is 0.293 e. The Balaban J connectivity index is 1.74. The van der Waals surface area contributed by atoms with E-state index >= 15 is 0 Å². The van der Waals surface area contributed by atoms with E-state index in [0.717, 1.165) is 13.1 Å². The van der Waals surface area contributed by atoms with Crippen molar-refractivity contribution in [2.24, 2.45) is 0 Å². The molecule has 0 saturated carbocycles. The summed E-state index contributed by atoms with van der Waals surface area (Å²) in [5.74, 6) is 0.196. The quantitative estimate of drug-likeness (QED) is 0.266. The second-order valence-corrected chi connectivity index (χ2v) is 9.85. The van der Waals surface area contributed by atoms with Crippen LogP contribution in [-0.2, 0) is 4.74 Å². The normalized spacial score (nSPS) is 13.8. The van der Waals surface area contributed by atoms with Gasteiger partial charge in [-0.3, -0.25) is 19.8 Å². The van der Waals surface area contributed by atoms with Gasteiger partial charge < -0.3 is 19.3 Å². The average Bonchev–Trinajstić information content (AvgIpc) is 3.37. The van der Waals surface area contributed by atoms with Crippen LogP contribution in [0.3, 0.4) is 0 Å². The van der Waals surface area contributed by atoms with E-state index in [4.69, 9.17) is 26.1 Å². The third kappa shape index (κ3) is 5.80. The molecule has 0 atom stereocenters. The van der Waals surface area contributed by atoms with Crippen LogP contribution in [0.4, 0.5) is 16.5 Å². The zero-order valence-electron chi connectivity index (χ0n) is 21.1. The zero-order chi connectivity index (χ0) is 26.5. The maximum absolute atomic E-state index is 13.9. The summed E-state index contributed by atoms with van der Waals surface area (Å²) in [7, 11) is 1.56.